The number of nitrogens with one attached hydrogen (secondary N) is 1. The van der Waals surface area contributed by atoms with Crippen LogP contribution in [0.15, 0.2) is 18.2 Å². The fourth-order valence-corrected chi connectivity index (χ4v) is 2.72. The fraction of sp³-hybridized carbons (Fsp3) is 0.562. The van der Waals surface area contributed by atoms with Crippen molar-refractivity contribution < 1.29 is 19.0 Å². The van der Waals surface area contributed by atoms with E-state index in [1.165, 1.54) is 12.1 Å². The molecule has 5 heteroatoms. The van der Waals surface area contributed by atoms with E-state index in [2.05, 4.69) is 5.32 Å². The Kier molecular flexibility index (Phi) is 5.56. The molecule has 1 aliphatic carbocycles. The Labute approximate surface area is 124 Å². The fourth-order valence-electron chi connectivity index (χ4n) is 2.72. The van der Waals surface area contributed by atoms with E-state index in [0.29, 0.717) is 13.2 Å². The molecule has 2 atom stereocenters. The van der Waals surface area contributed by atoms with E-state index in [1.807, 2.05) is 0 Å². The van der Waals surface area contributed by atoms with Crippen LogP contribution in [0.2, 0.25) is 0 Å². The minimum absolute atomic E-state index is 0.0123. The molecule has 2 unspecified atom stereocenters. The monoisotopic (exact) mass is 295 g/mol. The molecule has 0 bridgehead atoms. The standard InChI is InChI=1S/C16H22FNO3/c1-2-21-15-12(7-5-8-13(15)17)16(20)18-10-11-6-3-4-9-14(11)19/h5,7-8,11,14,19H,2-4,6,9-10H2,1H3,(H,18,20). The molecule has 21 heavy (non-hydrogen) atoms. The number of halogens is 1. The predicted octanol–water partition coefficient (Wildman–Crippen LogP) is 2.51. The number of carbonyl (C=O) groups excluding carboxylic acids is 1. The van der Waals surface area contributed by atoms with Crippen molar-refractivity contribution in [3.63, 3.8) is 0 Å². The van der Waals surface area contributed by atoms with Crippen molar-refractivity contribution in [2.45, 2.75) is 38.7 Å². The first-order valence-corrected chi connectivity index (χ1v) is 7.51. The second-order valence-corrected chi connectivity index (χ2v) is 5.37. The summed E-state index contributed by atoms with van der Waals surface area (Å²) in [6, 6.07) is 4.30. The summed E-state index contributed by atoms with van der Waals surface area (Å²) in [7, 11) is 0. The highest BCUT2D eigenvalue weighted by Gasteiger charge is 2.24. The van der Waals surface area contributed by atoms with Crippen LogP contribution >= 0.6 is 0 Å². The van der Waals surface area contributed by atoms with Crippen molar-refractivity contribution in [1.82, 2.24) is 5.32 Å². The Balaban J connectivity index is 2.01. The maximum absolute atomic E-state index is 13.7. The van der Waals surface area contributed by atoms with Gasteiger partial charge in [0.15, 0.2) is 11.6 Å². The lowest BCUT2D eigenvalue weighted by Gasteiger charge is -2.27. The molecule has 0 radical (unpaired) electrons. The number of hydrogen-bond donors (Lipinski definition) is 2. The van der Waals surface area contributed by atoms with Crippen LogP contribution in [0.3, 0.4) is 0 Å². The molecule has 0 spiro atoms. The van der Waals surface area contributed by atoms with Crippen LogP contribution < -0.4 is 10.1 Å². The Morgan fingerprint density at radius 1 is 1.43 bits per heavy atom. The third-order valence-corrected chi connectivity index (χ3v) is 3.89. The molecular formula is C16H22FNO3. The zero-order chi connectivity index (χ0) is 15.2. The van der Waals surface area contributed by atoms with E-state index in [1.54, 1.807) is 13.0 Å². The lowest BCUT2D eigenvalue weighted by molar-refractivity contribution is 0.0662. The number of ether oxygens (including phenoxy) is 1. The van der Waals surface area contributed by atoms with Gasteiger partial charge in [0.05, 0.1) is 18.3 Å². The topological polar surface area (TPSA) is 58.6 Å². The molecule has 4 nitrogen and oxygen atoms in total. The minimum Gasteiger partial charge on any atom is -0.490 e. The van der Waals surface area contributed by atoms with Crippen LogP contribution in [0.25, 0.3) is 0 Å². The number of aliphatic hydroxyl groups is 1. The number of benzene rings is 1. The van der Waals surface area contributed by atoms with E-state index in [-0.39, 0.29) is 29.2 Å². The molecular weight excluding hydrogens is 273 g/mol. The maximum atomic E-state index is 13.7. The van der Waals surface area contributed by atoms with Gasteiger partial charge in [-0.1, -0.05) is 18.9 Å². The molecule has 1 fully saturated rings. The normalized spacial score (nSPS) is 21.9. The summed E-state index contributed by atoms with van der Waals surface area (Å²) in [4.78, 5) is 12.2. The predicted molar refractivity (Wildman–Crippen MR) is 77.9 cm³/mol. The van der Waals surface area contributed by atoms with Gasteiger partial charge in [-0.3, -0.25) is 4.79 Å². The largest absolute Gasteiger partial charge is 0.490 e. The Morgan fingerprint density at radius 3 is 2.90 bits per heavy atom. The quantitative estimate of drug-likeness (QED) is 0.877. The molecule has 2 rings (SSSR count). The number of carbonyl (C=O) groups is 1. The zero-order valence-corrected chi connectivity index (χ0v) is 12.3. The highest BCUT2D eigenvalue weighted by atomic mass is 19.1. The molecule has 0 heterocycles. The summed E-state index contributed by atoms with van der Waals surface area (Å²) < 4.78 is 18.9. The maximum Gasteiger partial charge on any atom is 0.255 e. The molecule has 1 aromatic carbocycles. The number of para-hydroxylation sites is 1. The van der Waals surface area contributed by atoms with Crippen LogP contribution in [-0.4, -0.2) is 30.3 Å². The summed E-state index contributed by atoms with van der Waals surface area (Å²) in [5.74, 6) is -0.841. The molecule has 0 aromatic heterocycles. The highest BCUT2D eigenvalue weighted by Crippen LogP contribution is 2.25. The van der Waals surface area contributed by atoms with Crippen molar-refractivity contribution in [3.05, 3.63) is 29.6 Å². The van der Waals surface area contributed by atoms with E-state index < -0.39 is 5.82 Å². The minimum atomic E-state index is -0.540. The van der Waals surface area contributed by atoms with Gasteiger partial charge in [0, 0.05) is 12.5 Å². The lowest BCUT2D eigenvalue weighted by Crippen LogP contribution is -2.36. The first-order chi connectivity index (χ1) is 10.1. The Morgan fingerprint density at radius 2 is 2.19 bits per heavy atom. The van der Waals surface area contributed by atoms with Crippen molar-refractivity contribution in [2.24, 2.45) is 5.92 Å². The zero-order valence-electron chi connectivity index (χ0n) is 12.3. The van der Waals surface area contributed by atoms with Gasteiger partial charge in [-0.25, -0.2) is 4.39 Å². The van der Waals surface area contributed by atoms with Gasteiger partial charge in [0.1, 0.15) is 0 Å². The van der Waals surface area contributed by atoms with E-state index in [0.717, 1.165) is 25.7 Å². The third kappa shape index (κ3) is 3.94. The van der Waals surface area contributed by atoms with Gasteiger partial charge in [-0.05, 0) is 31.9 Å². The molecule has 1 aliphatic rings. The van der Waals surface area contributed by atoms with Crippen molar-refractivity contribution >= 4 is 5.91 Å². The summed E-state index contributed by atoms with van der Waals surface area (Å²) in [6.45, 7) is 2.44. The van der Waals surface area contributed by atoms with Crippen LogP contribution in [0.4, 0.5) is 4.39 Å². The number of amides is 1. The Bertz CT molecular complexity index is 492. The van der Waals surface area contributed by atoms with Gasteiger partial charge in [-0.15, -0.1) is 0 Å². The van der Waals surface area contributed by atoms with Gasteiger partial charge in [-0.2, -0.15) is 0 Å². The van der Waals surface area contributed by atoms with Crippen molar-refractivity contribution in [1.29, 1.82) is 0 Å². The molecule has 1 saturated carbocycles. The molecule has 0 aliphatic heterocycles. The number of aliphatic hydroxyl groups excluding tert-OH is 1. The summed E-state index contributed by atoms with van der Waals surface area (Å²) in [6.07, 6.45) is 3.43. The Hall–Kier alpha value is -1.62. The van der Waals surface area contributed by atoms with Crippen LogP contribution in [0.5, 0.6) is 5.75 Å². The van der Waals surface area contributed by atoms with Gasteiger partial charge in [0.2, 0.25) is 0 Å². The first kappa shape index (κ1) is 15.8. The third-order valence-electron chi connectivity index (χ3n) is 3.89. The molecule has 2 N–H and O–H groups in total. The lowest BCUT2D eigenvalue weighted by atomic mass is 9.86. The highest BCUT2D eigenvalue weighted by molar-refractivity contribution is 5.97. The first-order valence-electron chi connectivity index (χ1n) is 7.51. The average Bonchev–Trinajstić information content (AvgIpc) is 2.48. The van der Waals surface area contributed by atoms with Crippen LogP contribution in [0, 0.1) is 11.7 Å². The van der Waals surface area contributed by atoms with Crippen molar-refractivity contribution in [2.75, 3.05) is 13.2 Å². The average molecular weight is 295 g/mol. The molecule has 116 valence electrons. The van der Waals surface area contributed by atoms with Gasteiger partial charge < -0.3 is 15.2 Å². The second-order valence-electron chi connectivity index (χ2n) is 5.37. The summed E-state index contributed by atoms with van der Waals surface area (Å²) >= 11 is 0. The molecule has 0 saturated heterocycles. The molecule has 1 aromatic rings. The SMILES string of the molecule is CCOc1c(F)cccc1C(=O)NCC1CCCCC1O. The van der Waals surface area contributed by atoms with Crippen molar-refractivity contribution in [3.8, 4) is 5.75 Å². The smallest absolute Gasteiger partial charge is 0.255 e. The number of rotatable bonds is 5. The van der Waals surface area contributed by atoms with E-state index in [4.69, 9.17) is 4.74 Å². The summed E-state index contributed by atoms with van der Waals surface area (Å²) in [5.41, 5.74) is 0.196. The van der Waals surface area contributed by atoms with Crippen LogP contribution in [-0.2, 0) is 0 Å². The van der Waals surface area contributed by atoms with E-state index >= 15 is 0 Å². The second kappa shape index (κ2) is 7.41. The van der Waals surface area contributed by atoms with E-state index in [9.17, 15) is 14.3 Å². The van der Waals surface area contributed by atoms with Gasteiger partial charge >= 0.3 is 0 Å². The molecule has 1 amide bonds. The van der Waals surface area contributed by atoms with Gasteiger partial charge in [0.25, 0.3) is 5.91 Å². The van der Waals surface area contributed by atoms with Crippen LogP contribution in [0.1, 0.15) is 43.0 Å². The summed E-state index contributed by atoms with van der Waals surface area (Å²) in [5, 5.41) is 12.7. The number of hydrogen-bond acceptors (Lipinski definition) is 3.